The molecule has 15 nitrogen and oxygen atoms in total. The minimum atomic E-state index is -0.943. The number of carbonyl (C=O) groups is 5. The Morgan fingerprint density at radius 3 is 1.43 bits per heavy atom. The fourth-order valence-electron chi connectivity index (χ4n) is 12.2. The maximum atomic E-state index is 14.2. The van der Waals surface area contributed by atoms with Crippen molar-refractivity contribution in [3.05, 3.63) is 212 Å². The largest absolute Gasteiger partial charge is 0.366 e. The summed E-state index contributed by atoms with van der Waals surface area (Å²) in [5.74, 6) is -7.27. The van der Waals surface area contributed by atoms with Crippen LogP contribution in [0.4, 0.5) is 26.3 Å². The van der Waals surface area contributed by atoms with Gasteiger partial charge in [-0.15, -0.1) is 0 Å². The zero-order chi connectivity index (χ0) is 58.5. The average molecular weight is 1130 g/mol. The summed E-state index contributed by atoms with van der Waals surface area (Å²) in [7, 11) is 0. The third-order valence-corrected chi connectivity index (χ3v) is 16.0. The van der Waals surface area contributed by atoms with Gasteiger partial charge in [0.15, 0.2) is 23.0 Å². The summed E-state index contributed by atoms with van der Waals surface area (Å²) in [6.45, 7) is -0.171. The Kier molecular flexibility index (Phi) is 14.9. The van der Waals surface area contributed by atoms with E-state index in [-0.39, 0.29) is 73.1 Å². The van der Waals surface area contributed by atoms with E-state index in [1.54, 1.807) is 33.6 Å². The number of hydrogen-bond donors (Lipinski definition) is 3. The van der Waals surface area contributed by atoms with E-state index >= 15 is 0 Å². The molecule has 4 unspecified atom stereocenters. The van der Waals surface area contributed by atoms with Crippen molar-refractivity contribution in [2.24, 2.45) is 29.0 Å². The fourth-order valence-corrected chi connectivity index (χ4v) is 12.2. The van der Waals surface area contributed by atoms with Gasteiger partial charge in [0.1, 0.15) is 41.0 Å². The Hall–Kier alpha value is -9.58. The van der Waals surface area contributed by atoms with Gasteiger partial charge in [-0.3, -0.25) is 43.3 Å². The van der Waals surface area contributed by atoms with Crippen molar-refractivity contribution in [2.75, 3.05) is 0 Å². The van der Waals surface area contributed by atoms with Gasteiger partial charge in [0, 0.05) is 82.8 Å². The number of halogens is 6. The molecular formula is C62H50F6N10O5. The van der Waals surface area contributed by atoms with Crippen LogP contribution in [0.25, 0.3) is 22.3 Å². The number of aromatic nitrogens is 6. The minimum Gasteiger partial charge on any atom is -0.366 e. The Morgan fingerprint density at radius 1 is 0.566 bits per heavy atom. The summed E-state index contributed by atoms with van der Waals surface area (Å²) in [6, 6.07) is 23.0. The van der Waals surface area contributed by atoms with Gasteiger partial charge in [0.2, 0.25) is 0 Å². The third-order valence-electron chi connectivity index (χ3n) is 16.0. The topological polar surface area (TPSA) is 249 Å². The highest BCUT2D eigenvalue weighted by molar-refractivity contribution is 5.96. The molecule has 0 spiro atoms. The van der Waals surface area contributed by atoms with Gasteiger partial charge in [-0.1, -0.05) is 24.3 Å². The number of pyridine rings is 2. The van der Waals surface area contributed by atoms with Crippen LogP contribution in [0.1, 0.15) is 131 Å². The molecule has 0 saturated heterocycles. The number of primary amides is 3. The van der Waals surface area contributed by atoms with Crippen molar-refractivity contribution in [1.82, 2.24) is 29.5 Å². The van der Waals surface area contributed by atoms with Crippen LogP contribution in [0.5, 0.6) is 0 Å². The summed E-state index contributed by atoms with van der Waals surface area (Å²) < 4.78 is 88.0. The Morgan fingerprint density at radius 2 is 1.00 bits per heavy atom. The molecule has 4 aromatic heterocycles. The number of hydrogen-bond acceptors (Lipinski definition) is 10. The molecule has 3 amide bonds. The Labute approximate surface area is 470 Å². The number of benzene rings is 4. The first kappa shape index (κ1) is 55.3. The van der Waals surface area contributed by atoms with Crippen LogP contribution in [0.15, 0.2) is 109 Å². The van der Waals surface area contributed by atoms with E-state index in [4.69, 9.17) is 17.2 Å². The van der Waals surface area contributed by atoms with E-state index < -0.39 is 64.5 Å². The number of nitriles is 1. The second-order valence-corrected chi connectivity index (χ2v) is 21.7. The van der Waals surface area contributed by atoms with Crippen LogP contribution >= 0.6 is 0 Å². The highest BCUT2D eigenvalue weighted by atomic mass is 19.2. The first-order valence-corrected chi connectivity index (χ1v) is 26.7. The molecule has 0 aliphatic heterocycles. The van der Waals surface area contributed by atoms with Gasteiger partial charge in [-0.25, -0.2) is 26.3 Å². The molecule has 6 N–H and O–H groups in total. The standard InChI is InChI=1S/C31H26F3N5O3.C31H24F3N5O2/c32-19-7-15(8-20(33)13-19)6-18(28-22(2-1-5-37-28)16-3-4-25(34)24(10-16)30(35)41)9-21(40)14-39-26-12-17-11-23(17)27(26)29(38-39)31(36)42;32-20-7-16(8-21(33)13-20)6-19(9-22(40)15-39-28-12-18-11-24(18)29(28)27(14-35)38-39)30-23(2-1-5-37-30)17-3-4-26(34)25(10-17)31(36)41/h1-5,7-8,10,13,17-18,23H,6,9,11-12,14H2,(H2,35,41)(H2,36,42);1-5,7-8,10,13,18-19,24H,6,9,11-12,15H2,(H2,36,41)/t17?,18-,23?;18?,19-,24?/m11/s1. The van der Waals surface area contributed by atoms with E-state index in [1.165, 1.54) is 60.9 Å². The monoisotopic (exact) mass is 1130 g/mol. The summed E-state index contributed by atoms with van der Waals surface area (Å²) in [5, 5.41) is 18.3. The lowest BCUT2D eigenvalue weighted by Gasteiger charge is -2.20. The molecule has 6 atom stereocenters. The van der Waals surface area contributed by atoms with E-state index in [2.05, 4.69) is 26.2 Å². The van der Waals surface area contributed by atoms with Crippen molar-refractivity contribution >= 4 is 29.3 Å². The number of fused-ring (bicyclic) bond motifs is 6. The van der Waals surface area contributed by atoms with Crippen LogP contribution in [0.2, 0.25) is 0 Å². The van der Waals surface area contributed by atoms with E-state index in [1.807, 2.05) is 0 Å². The van der Waals surface area contributed by atoms with Crippen molar-refractivity contribution in [3.8, 4) is 28.3 Å². The molecule has 83 heavy (non-hydrogen) atoms. The first-order chi connectivity index (χ1) is 39.8. The maximum Gasteiger partial charge on any atom is 0.269 e. The molecule has 4 aliphatic carbocycles. The van der Waals surface area contributed by atoms with Crippen LogP contribution in [0, 0.1) is 58.1 Å². The van der Waals surface area contributed by atoms with Crippen molar-refractivity contribution in [2.45, 2.75) is 88.1 Å². The first-order valence-electron chi connectivity index (χ1n) is 26.7. The van der Waals surface area contributed by atoms with Crippen LogP contribution in [-0.4, -0.2) is 58.8 Å². The highest BCUT2D eigenvalue weighted by Gasteiger charge is 2.51. The molecule has 4 aromatic carbocycles. The van der Waals surface area contributed by atoms with E-state index in [0.29, 0.717) is 68.2 Å². The molecule has 2 saturated carbocycles. The summed E-state index contributed by atoms with van der Waals surface area (Å²) >= 11 is 0. The molecule has 4 aliphatic rings. The second kappa shape index (κ2) is 22.4. The lowest BCUT2D eigenvalue weighted by Crippen LogP contribution is -2.20. The van der Waals surface area contributed by atoms with Crippen LogP contribution in [-0.2, 0) is 48.4 Å². The van der Waals surface area contributed by atoms with Gasteiger partial charge >= 0.3 is 0 Å². The molecular weight excluding hydrogens is 1080 g/mol. The Balaban J connectivity index is 0.000000174. The maximum absolute atomic E-state index is 14.2. The molecule has 12 rings (SSSR count). The highest BCUT2D eigenvalue weighted by Crippen LogP contribution is 2.58. The zero-order valence-electron chi connectivity index (χ0n) is 44.1. The zero-order valence-corrected chi connectivity index (χ0v) is 44.1. The number of amides is 3. The molecule has 0 radical (unpaired) electrons. The number of nitrogens with zero attached hydrogens (tertiary/aromatic N) is 7. The minimum absolute atomic E-state index is 0.0462. The molecule has 420 valence electrons. The molecule has 8 aromatic rings. The molecule has 21 heteroatoms. The lowest BCUT2D eigenvalue weighted by molar-refractivity contribution is -0.121. The molecule has 0 bridgehead atoms. The van der Waals surface area contributed by atoms with Gasteiger partial charge in [-0.2, -0.15) is 15.5 Å². The SMILES string of the molecule is N#Cc1nn(CC(=O)C[C@@H](Cc2cc(F)cc(F)c2)c2ncccc2-c2ccc(F)c(C(N)=O)c2)c2c1C1CC1C2.NC(=O)c1cc(-c2cccnc2[C@@H](CC(=O)Cn2nc(C(N)=O)c3c2CC2CC32)Cc2cc(F)cc(F)c2)ccc1F. The average Bonchev–Trinajstić information content (AvgIpc) is 1.70. The van der Waals surface area contributed by atoms with Crippen molar-refractivity contribution in [3.63, 3.8) is 0 Å². The molecule has 4 heterocycles. The third kappa shape index (κ3) is 11.5. The van der Waals surface area contributed by atoms with Gasteiger partial charge in [-0.05, 0) is 145 Å². The number of ketones is 2. The predicted molar refractivity (Wildman–Crippen MR) is 288 cm³/mol. The van der Waals surface area contributed by atoms with E-state index in [0.717, 1.165) is 72.5 Å². The summed E-state index contributed by atoms with van der Waals surface area (Å²) in [4.78, 5) is 71.8. The van der Waals surface area contributed by atoms with Gasteiger partial charge < -0.3 is 17.2 Å². The molecule has 2 fully saturated rings. The van der Waals surface area contributed by atoms with Crippen LogP contribution < -0.4 is 17.2 Å². The van der Waals surface area contributed by atoms with Crippen LogP contribution in [0.3, 0.4) is 0 Å². The second-order valence-electron chi connectivity index (χ2n) is 21.7. The summed E-state index contributed by atoms with van der Waals surface area (Å²) in [5.41, 5.74) is 23.2. The van der Waals surface area contributed by atoms with E-state index in [9.17, 15) is 55.6 Å². The quantitative estimate of drug-likeness (QED) is 0.0648. The fraction of sp³-hybridized carbons (Fsp3) is 0.258. The lowest BCUT2D eigenvalue weighted by atomic mass is 9.86. The van der Waals surface area contributed by atoms with Crippen molar-refractivity contribution < 1.29 is 50.3 Å². The Bertz CT molecular complexity index is 4000. The number of Topliss-reactive ketones (excluding diaryl/α,β-unsaturated/α-hetero) is 2. The number of carbonyl (C=O) groups excluding carboxylic acids is 5. The normalized spacial score (nSPS) is 17.4. The number of nitrogens with two attached hydrogens (primary N) is 3. The summed E-state index contributed by atoms with van der Waals surface area (Å²) in [6.07, 6.45) is 6.58. The van der Waals surface area contributed by atoms with Gasteiger partial charge in [0.25, 0.3) is 17.7 Å². The smallest absolute Gasteiger partial charge is 0.269 e. The predicted octanol–water partition coefficient (Wildman–Crippen LogP) is 9.18. The van der Waals surface area contributed by atoms with Crippen molar-refractivity contribution in [1.29, 1.82) is 5.26 Å². The number of rotatable bonds is 19. The van der Waals surface area contributed by atoms with Gasteiger partial charge in [0.05, 0.1) is 35.6 Å².